The number of hydrogen-bond acceptors (Lipinski definition) is 9. The van der Waals surface area contributed by atoms with Gasteiger partial charge < -0.3 is 18.7 Å². The van der Waals surface area contributed by atoms with Gasteiger partial charge in [0.25, 0.3) is 5.89 Å². The number of rotatable bonds is 8. The molecular formula is C22H23N3O7. The predicted molar refractivity (Wildman–Crippen MR) is 109 cm³/mol. The van der Waals surface area contributed by atoms with Crippen LogP contribution in [0.1, 0.15) is 25.2 Å². The first kappa shape index (κ1) is 21.5. The van der Waals surface area contributed by atoms with E-state index in [4.69, 9.17) is 18.7 Å². The van der Waals surface area contributed by atoms with Crippen LogP contribution in [0.5, 0.6) is 11.5 Å². The monoisotopic (exact) mass is 441 g/mol. The Balaban J connectivity index is 1.30. The number of esters is 1. The molecule has 2 aromatic rings. The van der Waals surface area contributed by atoms with Crippen molar-refractivity contribution in [2.24, 2.45) is 11.8 Å². The van der Waals surface area contributed by atoms with Crippen molar-refractivity contribution in [3.05, 3.63) is 36.2 Å². The second kappa shape index (κ2) is 9.21. The summed E-state index contributed by atoms with van der Waals surface area (Å²) in [5, 5.41) is 3.90. The number of imide groups is 1. The second-order valence-corrected chi connectivity index (χ2v) is 7.47. The quantitative estimate of drug-likeness (QED) is 0.344. The van der Waals surface area contributed by atoms with Crippen LogP contribution in [0.3, 0.4) is 0 Å². The molecule has 1 saturated heterocycles. The lowest BCUT2D eigenvalue weighted by atomic mass is 9.85. The number of likely N-dealkylation sites (tertiary alicyclic amines) is 1. The zero-order valence-electron chi connectivity index (χ0n) is 17.8. The van der Waals surface area contributed by atoms with Crippen LogP contribution < -0.4 is 9.47 Å². The maximum Gasteiger partial charge on any atom is 0.308 e. The van der Waals surface area contributed by atoms with Gasteiger partial charge in [0, 0.05) is 12.6 Å². The van der Waals surface area contributed by atoms with Crippen molar-refractivity contribution in [2.45, 2.75) is 25.9 Å². The first-order chi connectivity index (χ1) is 15.5. The lowest BCUT2D eigenvalue weighted by molar-refractivity contribution is -0.147. The van der Waals surface area contributed by atoms with Crippen LogP contribution >= 0.6 is 0 Å². The fourth-order valence-electron chi connectivity index (χ4n) is 3.91. The molecule has 0 unspecified atom stereocenters. The van der Waals surface area contributed by atoms with Gasteiger partial charge in [-0.3, -0.25) is 19.3 Å². The van der Waals surface area contributed by atoms with Crippen molar-refractivity contribution in [1.82, 2.24) is 15.0 Å². The molecule has 1 aromatic heterocycles. The van der Waals surface area contributed by atoms with E-state index in [0.717, 1.165) is 0 Å². The molecule has 0 spiro atoms. The highest BCUT2D eigenvalue weighted by molar-refractivity contribution is 6.05. The third kappa shape index (κ3) is 4.20. The normalized spacial score (nSPS) is 19.8. The Morgan fingerprint density at radius 2 is 1.84 bits per heavy atom. The maximum atomic E-state index is 12.4. The molecule has 2 heterocycles. The number of methoxy groups -OCH3 is 2. The first-order valence-electron chi connectivity index (χ1n) is 10.2. The molecule has 0 radical (unpaired) electrons. The van der Waals surface area contributed by atoms with Gasteiger partial charge in [0.15, 0.2) is 6.61 Å². The second-order valence-electron chi connectivity index (χ2n) is 7.47. The maximum absolute atomic E-state index is 12.4. The highest BCUT2D eigenvalue weighted by atomic mass is 16.6. The van der Waals surface area contributed by atoms with Gasteiger partial charge in [0.1, 0.15) is 11.5 Å². The molecule has 32 heavy (non-hydrogen) atoms. The van der Waals surface area contributed by atoms with Crippen molar-refractivity contribution < 1.29 is 33.1 Å². The van der Waals surface area contributed by atoms with E-state index in [0.29, 0.717) is 29.9 Å². The molecule has 168 valence electrons. The minimum absolute atomic E-state index is 0.00162. The average Bonchev–Trinajstić information content (AvgIpc) is 3.39. The van der Waals surface area contributed by atoms with Gasteiger partial charge in [-0.15, -0.1) is 0 Å². The molecule has 0 bridgehead atoms. The van der Waals surface area contributed by atoms with Gasteiger partial charge in [-0.05, 0) is 25.0 Å². The van der Waals surface area contributed by atoms with E-state index < -0.39 is 5.97 Å². The number of carbonyl (C=O) groups is 3. The van der Waals surface area contributed by atoms with Gasteiger partial charge in [-0.2, -0.15) is 4.98 Å². The van der Waals surface area contributed by atoms with E-state index in [-0.39, 0.29) is 54.9 Å². The van der Waals surface area contributed by atoms with Crippen molar-refractivity contribution in [3.8, 4) is 22.9 Å². The topological polar surface area (TPSA) is 121 Å². The van der Waals surface area contributed by atoms with Crippen LogP contribution in [0, 0.1) is 11.8 Å². The van der Waals surface area contributed by atoms with Crippen LogP contribution in [-0.4, -0.2) is 53.6 Å². The Kier molecular flexibility index (Phi) is 6.20. The van der Waals surface area contributed by atoms with Crippen molar-refractivity contribution in [1.29, 1.82) is 0 Å². The summed E-state index contributed by atoms with van der Waals surface area (Å²) in [6.07, 6.45) is 4.87. The number of benzene rings is 1. The Morgan fingerprint density at radius 3 is 2.50 bits per heavy atom. The molecule has 2 amide bonds. The van der Waals surface area contributed by atoms with E-state index in [9.17, 15) is 14.4 Å². The Hall–Kier alpha value is -3.69. The fourth-order valence-corrected chi connectivity index (χ4v) is 3.91. The Labute approximate surface area is 184 Å². The van der Waals surface area contributed by atoms with Gasteiger partial charge in [0.05, 0.1) is 38.0 Å². The summed E-state index contributed by atoms with van der Waals surface area (Å²) in [6.45, 7) is -0.219. The number of aromatic nitrogens is 2. The zero-order valence-corrected chi connectivity index (χ0v) is 17.8. The van der Waals surface area contributed by atoms with Crippen LogP contribution in [-0.2, 0) is 25.7 Å². The average molecular weight is 441 g/mol. The van der Waals surface area contributed by atoms with E-state index in [1.807, 2.05) is 12.2 Å². The Bertz CT molecular complexity index is 1040. The molecule has 4 rings (SSSR count). The summed E-state index contributed by atoms with van der Waals surface area (Å²) in [7, 11) is 3.07. The summed E-state index contributed by atoms with van der Waals surface area (Å²) < 4.78 is 20.8. The molecule has 1 aromatic carbocycles. The van der Waals surface area contributed by atoms with E-state index in [2.05, 4.69) is 10.1 Å². The third-order valence-electron chi connectivity index (χ3n) is 5.61. The number of amides is 2. The molecule has 2 atom stereocenters. The highest BCUT2D eigenvalue weighted by Gasteiger charge is 2.46. The van der Waals surface area contributed by atoms with Crippen LogP contribution in [0.25, 0.3) is 11.4 Å². The number of carbonyl (C=O) groups excluding carboxylic acids is 3. The van der Waals surface area contributed by atoms with E-state index in [1.54, 1.807) is 25.3 Å². The van der Waals surface area contributed by atoms with Crippen molar-refractivity contribution in [3.63, 3.8) is 0 Å². The summed E-state index contributed by atoms with van der Waals surface area (Å²) in [6, 6.07) is 5.16. The first-order valence-corrected chi connectivity index (χ1v) is 10.2. The number of nitrogens with zero attached hydrogens (tertiary/aromatic N) is 3. The van der Waals surface area contributed by atoms with Gasteiger partial charge >= 0.3 is 5.97 Å². The highest BCUT2D eigenvalue weighted by Crippen LogP contribution is 2.35. The van der Waals surface area contributed by atoms with Crippen LogP contribution in [0.2, 0.25) is 0 Å². The summed E-state index contributed by atoms with van der Waals surface area (Å²) >= 11 is 0. The minimum atomic E-state index is -0.569. The fraction of sp³-hybridized carbons (Fsp3) is 0.409. The summed E-state index contributed by atoms with van der Waals surface area (Å²) in [5.41, 5.74) is 0.594. The molecule has 0 N–H and O–H groups in total. The van der Waals surface area contributed by atoms with Gasteiger partial charge in [-0.1, -0.05) is 17.3 Å². The molecule has 10 nitrogen and oxygen atoms in total. The van der Waals surface area contributed by atoms with Gasteiger partial charge in [0.2, 0.25) is 17.6 Å². The number of hydrogen-bond donors (Lipinski definition) is 0. The van der Waals surface area contributed by atoms with E-state index in [1.165, 1.54) is 12.0 Å². The smallest absolute Gasteiger partial charge is 0.308 e. The van der Waals surface area contributed by atoms with Crippen molar-refractivity contribution >= 4 is 17.8 Å². The van der Waals surface area contributed by atoms with Gasteiger partial charge in [-0.25, -0.2) is 0 Å². The predicted octanol–water partition coefficient (Wildman–Crippen LogP) is 2.14. The number of ether oxygens (including phenoxy) is 3. The molecule has 1 aliphatic carbocycles. The van der Waals surface area contributed by atoms with E-state index >= 15 is 0 Å². The minimum Gasteiger partial charge on any atom is -0.497 e. The number of allylic oxidation sites excluding steroid dienone is 2. The zero-order chi connectivity index (χ0) is 22.7. The van der Waals surface area contributed by atoms with Crippen LogP contribution in [0.4, 0.5) is 0 Å². The molecule has 1 aliphatic heterocycles. The summed E-state index contributed by atoms with van der Waals surface area (Å²) in [4.78, 5) is 42.4. The molecule has 10 heteroatoms. The van der Waals surface area contributed by atoms with Crippen molar-refractivity contribution in [2.75, 3.05) is 20.8 Å². The Morgan fingerprint density at radius 1 is 1.12 bits per heavy atom. The molecule has 0 saturated carbocycles. The largest absolute Gasteiger partial charge is 0.497 e. The lowest BCUT2D eigenvalue weighted by Crippen LogP contribution is -2.33. The molecule has 2 aliphatic rings. The molecular weight excluding hydrogens is 418 g/mol. The lowest BCUT2D eigenvalue weighted by Gasteiger charge is -2.14. The number of fused-ring (bicyclic) bond motifs is 1. The molecule has 1 fully saturated rings. The van der Waals surface area contributed by atoms with Crippen LogP contribution in [0.15, 0.2) is 34.9 Å². The SMILES string of the molecule is COc1ccc(-c2noc(COC(=O)CCN3C(=O)[C@H]4CC=CC[C@@H]4C3=O)n2)c(OC)c1. The third-order valence-corrected chi connectivity index (χ3v) is 5.61. The standard InChI is InChI=1S/C22H23N3O7/c1-29-13-7-8-16(17(11-13)30-2)20-23-18(32-24-20)12-31-19(26)9-10-25-21(27)14-5-3-4-6-15(14)22(25)28/h3-4,7-8,11,14-15H,5-6,9-10,12H2,1-2H3/t14-,15-/m0/s1. The summed E-state index contributed by atoms with van der Waals surface area (Å²) in [5.74, 6) is -0.111.